The third kappa shape index (κ3) is 3.18. The highest BCUT2D eigenvalue weighted by Crippen LogP contribution is 2.21. The number of aryl methyl sites for hydroxylation is 3. The van der Waals surface area contributed by atoms with Crippen molar-refractivity contribution < 1.29 is 8.42 Å². The number of rotatable bonds is 4. The first-order valence-corrected chi connectivity index (χ1v) is 8.26. The zero-order valence-electron chi connectivity index (χ0n) is 13.0. The maximum absolute atomic E-state index is 12.5. The van der Waals surface area contributed by atoms with Crippen molar-refractivity contribution in [2.24, 2.45) is 7.05 Å². The lowest BCUT2D eigenvalue weighted by molar-refractivity contribution is 0.566. The molecule has 1 N–H and O–H groups in total. The van der Waals surface area contributed by atoms with E-state index in [0.717, 1.165) is 11.3 Å². The standard InChI is InChI=1S/C15H18N4O2S/c1-10-7-13(8-16)5-6-15(10)22(20,21)18-12(3)14-9-19(4)17-11(14)2/h5-7,9,12,18H,1-4H3/t12-/m1/s1. The van der Waals surface area contributed by atoms with Crippen molar-refractivity contribution in [1.29, 1.82) is 5.26 Å². The first-order valence-electron chi connectivity index (χ1n) is 6.78. The van der Waals surface area contributed by atoms with Gasteiger partial charge in [0, 0.05) is 24.8 Å². The SMILES string of the molecule is Cc1cc(C#N)ccc1S(=O)(=O)N[C@H](C)c1cn(C)nc1C. The van der Waals surface area contributed by atoms with Gasteiger partial charge in [-0.05, 0) is 44.5 Å². The Morgan fingerprint density at radius 2 is 2.05 bits per heavy atom. The Kier molecular flexibility index (Phi) is 4.35. The normalized spacial score (nSPS) is 12.9. The molecule has 2 rings (SSSR count). The van der Waals surface area contributed by atoms with Crippen LogP contribution in [0.15, 0.2) is 29.3 Å². The maximum Gasteiger partial charge on any atom is 0.241 e. The Bertz CT molecular complexity index is 847. The van der Waals surface area contributed by atoms with E-state index in [2.05, 4.69) is 9.82 Å². The van der Waals surface area contributed by atoms with Gasteiger partial charge < -0.3 is 0 Å². The molecule has 116 valence electrons. The van der Waals surface area contributed by atoms with Crippen LogP contribution in [-0.2, 0) is 17.1 Å². The maximum atomic E-state index is 12.5. The van der Waals surface area contributed by atoms with Crippen molar-refractivity contribution in [3.8, 4) is 6.07 Å². The number of benzene rings is 1. The molecule has 1 aromatic carbocycles. The fourth-order valence-corrected chi connectivity index (χ4v) is 3.87. The van der Waals surface area contributed by atoms with E-state index in [-0.39, 0.29) is 4.90 Å². The molecular weight excluding hydrogens is 300 g/mol. The zero-order valence-corrected chi connectivity index (χ0v) is 13.8. The Morgan fingerprint density at radius 3 is 2.55 bits per heavy atom. The smallest absolute Gasteiger partial charge is 0.241 e. The number of nitriles is 1. The lowest BCUT2D eigenvalue weighted by Gasteiger charge is -2.15. The predicted octanol–water partition coefficient (Wildman–Crippen LogP) is 1.95. The highest BCUT2D eigenvalue weighted by atomic mass is 32.2. The van der Waals surface area contributed by atoms with Crippen LogP contribution in [0.1, 0.15) is 35.3 Å². The summed E-state index contributed by atoms with van der Waals surface area (Å²) in [6.07, 6.45) is 1.80. The van der Waals surface area contributed by atoms with Gasteiger partial charge in [-0.25, -0.2) is 13.1 Å². The summed E-state index contributed by atoms with van der Waals surface area (Å²) in [6, 6.07) is 6.13. The minimum absolute atomic E-state index is 0.180. The molecule has 0 bridgehead atoms. The molecule has 1 aromatic heterocycles. The summed E-state index contributed by atoms with van der Waals surface area (Å²) >= 11 is 0. The Hall–Kier alpha value is -2.17. The van der Waals surface area contributed by atoms with E-state index in [1.807, 2.05) is 13.0 Å². The van der Waals surface area contributed by atoms with Crippen LogP contribution in [0.5, 0.6) is 0 Å². The molecule has 0 saturated heterocycles. The molecule has 0 aliphatic carbocycles. The number of hydrogen-bond donors (Lipinski definition) is 1. The van der Waals surface area contributed by atoms with Gasteiger partial charge in [0.1, 0.15) is 0 Å². The van der Waals surface area contributed by atoms with Crippen LogP contribution in [0.3, 0.4) is 0 Å². The molecule has 2 aromatic rings. The number of hydrogen-bond acceptors (Lipinski definition) is 4. The molecule has 6 nitrogen and oxygen atoms in total. The molecule has 1 atom stereocenters. The summed E-state index contributed by atoms with van der Waals surface area (Å²) in [5.41, 5.74) is 2.60. The lowest BCUT2D eigenvalue weighted by Crippen LogP contribution is -2.27. The van der Waals surface area contributed by atoms with E-state index in [4.69, 9.17) is 5.26 Å². The highest BCUT2D eigenvalue weighted by Gasteiger charge is 2.22. The van der Waals surface area contributed by atoms with Crippen LogP contribution < -0.4 is 4.72 Å². The lowest BCUT2D eigenvalue weighted by atomic mass is 10.1. The minimum Gasteiger partial charge on any atom is -0.275 e. The number of nitrogens with one attached hydrogen (secondary N) is 1. The summed E-state index contributed by atoms with van der Waals surface area (Å²) in [7, 11) is -1.87. The summed E-state index contributed by atoms with van der Waals surface area (Å²) in [5.74, 6) is 0. The molecule has 7 heteroatoms. The van der Waals surface area contributed by atoms with Crippen LogP contribution in [0.2, 0.25) is 0 Å². The highest BCUT2D eigenvalue weighted by molar-refractivity contribution is 7.89. The molecule has 0 unspecified atom stereocenters. The predicted molar refractivity (Wildman–Crippen MR) is 82.6 cm³/mol. The molecule has 1 heterocycles. The molecule has 0 spiro atoms. The molecular formula is C15H18N4O2S. The minimum atomic E-state index is -3.67. The summed E-state index contributed by atoms with van der Waals surface area (Å²) in [5, 5.41) is 13.1. The van der Waals surface area contributed by atoms with E-state index in [1.165, 1.54) is 12.1 Å². The fourth-order valence-electron chi connectivity index (χ4n) is 2.42. The van der Waals surface area contributed by atoms with E-state index >= 15 is 0 Å². The molecule has 0 fully saturated rings. The van der Waals surface area contributed by atoms with Gasteiger partial charge in [0.15, 0.2) is 0 Å². The van der Waals surface area contributed by atoms with Crippen molar-refractivity contribution in [2.45, 2.75) is 31.7 Å². The first kappa shape index (κ1) is 16.2. The molecule has 0 aliphatic heterocycles. The quantitative estimate of drug-likeness (QED) is 0.933. The number of aromatic nitrogens is 2. The van der Waals surface area contributed by atoms with Crippen molar-refractivity contribution in [3.05, 3.63) is 46.8 Å². The van der Waals surface area contributed by atoms with Gasteiger partial charge >= 0.3 is 0 Å². The monoisotopic (exact) mass is 318 g/mol. The molecule has 0 amide bonds. The van der Waals surface area contributed by atoms with Gasteiger partial charge in [-0.1, -0.05) is 0 Å². The molecule has 22 heavy (non-hydrogen) atoms. The first-order chi connectivity index (χ1) is 10.2. The van der Waals surface area contributed by atoms with E-state index < -0.39 is 16.1 Å². The van der Waals surface area contributed by atoms with Gasteiger partial charge in [-0.15, -0.1) is 0 Å². The van der Waals surface area contributed by atoms with Crippen LogP contribution in [0.4, 0.5) is 0 Å². The third-order valence-corrected chi connectivity index (χ3v) is 5.14. The van der Waals surface area contributed by atoms with Crippen LogP contribution in [0, 0.1) is 25.2 Å². The summed E-state index contributed by atoms with van der Waals surface area (Å²) in [6.45, 7) is 5.29. The Balaban J connectivity index is 2.32. The van der Waals surface area contributed by atoms with Gasteiger partial charge in [-0.2, -0.15) is 10.4 Å². The largest absolute Gasteiger partial charge is 0.275 e. The molecule has 0 aliphatic rings. The average molecular weight is 318 g/mol. The van der Waals surface area contributed by atoms with Gasteiger partial charge in [0.05, 0.1) is 22.2 Å². The van der Waals surface area contributed by atoms with Crippen LogP contribution in [0.25, 0.3) is 0 Å². The van der Waals surface area contributed by atoms with E-state index in [9.17, 15) is 8.42 Å². The van der Waals surface area contributed by atoms with E-state index in [1.54, 1.807) is 37.8 Å². The average Bonchev–Trinajstić information content (AvgIpc) is 2.76. The van der Waals surface area contributed by atoms with Crippen LogP contribution >= 0.6 is 0 Å². The van der Waals surface area contributed by atoms with Crippen molar-refractivity contribution >= 4 is 10.0 Å². The second kappa shape index (κ2) is 5.91. The number of sulfonamides is 1. The summed E-state index contributed by atoms with van der Waals surface area (Å²) < 4.78 is 29.4. The topological polar surface area (TPSA) is 87.8 Å². The summed E-state index contributed by atoms with van der Waals surface area (Å²) in [4.78, 5) is 0.180. The van der Waals surface area contributed by atoms with Crippen molar-refractivity contribution in [1.82, 2.24) is 14.5 Å². The van der Waals surface area contributed by atoms with Crippen molar-refractivity contribution in [3.63, 3.8) is 0 Å². The Morgan fingerprint density at radius 1 is 1.36 bits per heavy atom. The second-order valence-corrected chi connectivity index (χ2v) is 6.96. The molecule has 0 radical (unpaired) electrons. The Labute approximate surface area is 130 Å². The fraction of sp³-hybridized carbons (Fsp3) is 0.333. The van der Waals surface area contributed by atoms with Gasteiger partial charge in [-0.3, -0.25) is 4.68 Å². The van der Waals surface area contributed by atoms with E-state index in [0.29, 0.717) is 11.1 Å². The zero-order chi connectivity index (χ0) is 16.5. The third-order valence-electron chi connectivity index (χ3n) is 3.44. The number of nitrogens with zero attached hydrogens (tertiary/aromatic N) is 3. The molecule has 0 saturated carbocycles. The second-order valence-electron chi connectivity index (χ2n) is 5.28. The van der Waals surface area contributed by atoms with Crippen LogP contribution in [-0.4, -0.2) is 18.2 Å². The van der Waals surface area contributed by atoms with Gasteiger partial charge in [0.2, 0.25) is 10.0 Å². The van der Waals surface area contributed by atoms with Crippen molar-refractivity contribution in [2.75, 3.05) is 0 Å². The van der Waals surface area contributed by atoms with Gasteiger partial charge in [0.25, 0.3) is 0 Å².